The molecule has 1 N–H and O–H groups in total. The normalized spacial score (nSPS) is 13.5. The summed E-state index contributed by atoms with van der Waals surface area (Å²) in [6.45, 7) is 2.46. The van der Waals surface area contributed by atoms with Crippen molar-refractivity contribution in [1.29, 1.82) is 0 Å². The average Bonchev–Trinajstić information content (AvgIpc) is 3.29. The Hall–Kier alpha value is -3.35. The Morgan fingerprint density at radius 2 is 1.44 bits per heavy atom. The van der Waals surface area contributed by atoms with Crippen LogP contribution in [0.5, 0.6) is 0 Å². The summed E-state index contributed by atoms with van der Waals surface area (Å²) < 4.78 is 29.0. The Labute approximate surface area is 189 Å². The molecule has 1 heterocycles. The van der Waals surface area contributed by atoms with Gasteiger partial charge in [-0.3, -0.25) is 4.31 Å². The first-order valence-electron chi connectivity index (χ1n) is 10.4. The monoisotopic (exact) mass is 446 g/mol. The van der Waals surface area contributed by atoms with Crippen molar-refractivity contribution in [2.24, 2.45) is 0 Å². The van der Waals surface area contributed by atoms with Crippen LogP contribution in [0, 0.1) is 0 Å². The summed E-state index contributed by atoms with van der Waals surface area (Å²) in [4.78, 5) is 0.235. The summed E-state index contributed by atoms with van der Waals surface area (Å²) in [7, 11) is -2.12. The highest BCUT2D eigenvalue weighted by Gasteiger charge is 2.27. The van der Waals surface area contributed by atoms with Gasteiger partial charge in [-0.25, -0.2) is 8.42 Å². The fourth-order valence-corrected chi connectivity index (χ4v) is 4.89. The van der Waals surface area contributed by atoms with Crippen molar-refractivity contribution in [2.75, 3.05) is 11.4 Å². The Bertz CT molecular complexity index is 1280. The van der Waals surface area contributed by atoms with Crippen molar-refractivity contribution in [2.45, 2.75) is 24.0 Å². The molecule has 1 unspecified atom stereocenters. The predicted molar refractivity (Wildman–Crippen MR) is 127 cm³/mol. The molecule has 1 aromatic heterocycles. The van der Waals surface area contributed by atoms with Gasteiger partial charge in [-0.1, -0.05) is 60.7 Å². The molecule has 0 spiro atoms. The molecule has 6 heteroatoms. The number of rotatable bonds is 7. The van der Waals surface area contributed by atoms with E-state index < -0.39 is 15.6 Å². The molecule has 0 saturated heterocycles. The zero-order valence-electron chi connectivity index (χ0n) is 18.1. The first-order valence-corrected chi connectivity index (χ1v) is 11.8. The summed E-state index contributed by atoms with van der Waals surface area (Å²) in [5.41, 5.74) is 1.95. The van der Waals surface area contributed by atoms with Crippen LogP contribution in [0.1, 0.15) is 23.6 Å². The first-order chi connectivity index (χ1) is 15.3. The molecule has 0 aliphatic rings. The van der Waals surface area contributed by atoms with Crippen molar-refractivity contribution in [3.05, 3.63) is 120 Å². The van der Waals surface area contributed by atoms with Gasteiger partial charge in [-0.2, -0.15) is 0 Å². The molecule has 1 atom stereocenters. The van der Waals surface area contributed by atoms with Crippen LogP contribution >= 0.6 is 0 Å². The van der Waals surface area contributed by atoms with E-state index in [1.165, 1.54) is 16.9 Å². The maximum Gasteiger partial charge on any atom is 0.264 e. The highest BCUT2D eigenvalue weighted by Crippen LogP contribution is 2.31. The first kappa shape index (κ1) is 21.9. The largest absolute Gasteiger partial charge is 0.381 e. The highest BCUT2D eigenvalue weighted by atomic mass is 32.2. The van der Waals surface area contributed by atoms with E-state index in [9.17, 15) is 13.5 Å². The molecule has 0 radical (unpaired) electrons. The van der Waals surface area contributed by atoms with Crippen molar-refractivity contribution >= 4 is 15.7 Å². The lowest BCUT2D eigenvalue weighted by Crippen LogP contribution is -2.27. The van der Waals surface area contributed by atoms with E-state index in [2.05, 4.69) is 12.1 Å². The minimum Gasteiger partial charge on any atom is -0.381 e. The molecule has 32 heavy (non-hydrogen) atoms. The molecule has 3 aromatic carbocycles. The lowest BCUT2D eigenvalue weighted by molar-refractivity contribution is 0.102. The maximum atomic E-state index is 12.9. The van der Waals surface area contributed by atoms with Gasteiger partial charge >= 0.3 is 0 Å². The van der Waals surface area contributed by atoms with Crippen LogP contribution < -0.4 is 4.31 Å². The van der Waals surface area contributed by atoms with Gasteiger partial charge < -0.3 is 9.67 Å². The summed E-state index contributed by atoms with van der Waals surface area (Å²) in [6, 6.07) is 27.3. The number of hydrogen-bond donors (Lipinski definition) is 1. The van der Waals surface area contributed by atoms with Crippen LogP contribution in [-0.2, 0) is 22.2 Å². The van der Waals surface area contributed by atoms with Gasteiger partial charge in [0, 0.05) is 31.5 Å². The smallest absolute Gasteiger partial charge is 0.264 e. The summed E-state index contributed by atoms with van der Waals surface area (Å²) in [5.74, 6) is 0. The van der Waals surface area contributed by atoms with Gasteiger partial charge in [0.2, 0.25) is 0 Å². The van der Waals surface area contributed by atoms with E-state index in [-0.39, 0.29) is 4.90 Å². The quantitative estimate of drug-likeness (QED) is 0.451. The second-order valence-electron chi connectivity index (χ2n) is 7.96. The molecule has 0 saturated carbocycles. The van der Waals surface area contributed by atoms with Crippen LogP contribution in [0.3, 0.4) is 0 Å². The molecule has 0 amide bonds. The standard InChI is InChI=1S/C26H26N2O3S/c1-26(29,23-17-18-28(20-23)19-21-9-5-3-6-10-21)22-13-15-24(16-14-22)27(2)32(30,31)25-11-7-4-8-12-25/h3-18,20,29H,19H2,1-2H3. The number of anilines is 1. The number of hydrogen-bond acceptors (Lipinski definition) is 3. The fourth-order valence-electron chi connectivity index (χ4n) is 3.67. The third-order valence-corrected chi connectivity index (χ3v) is 7.51. The van der Waals surface area contributed by atoms with E-state index in [0.29, 0.717) is 11.3 Å². The lowest BCUT2D eigenvalue weighted by atomic mass is 9.90. The summed E-state index contributed by atoms with van der Waals surface area (Å²) in [6.07, 6.45) is 3.89. The number of aliphatic hydroxyl groups is 1. The third-order valence-electron chi connectivity index (χ3n) is 5.72. The third kappa shape index (κ3) is 4.33. The van der Waals surface area contributed by atoms with E-state index in [0.717, 1.165) is 12.1 Å². The van der Waals surface area contributed by atoms with Crippen LogP contribution in [-0.4, -0.2) is 25.1 Å². The number of benzene rings is 3. The Balaban J connectivity index is 1.54. The van der Waals surface area contributed by atoms with Crippen LogP contribution in [0.4, 0.5) is 5.69 Å². The molecule has 0 bridgehead atoms. The number of aromatic nitrogens is 1. The van der Waals surface area contributed by atoms with E-state index in [1.54, 1.807) is 61.5 Å². The maximum absolute atomic E-state index is 12.9. The van der Waals surface area contributed by atoms with Gasteiger partial charge in [0.1, 0.15) is 5.60 Å². The molecule has 0 fully saturated rings. The van der Waals surface area contributed by atoms with Crippen molar-refractivity contribution in [3.8, 4) is 0 Å². The SMILES string of the molecule is CN(c1ccc(C(C)(O)c2ccn(Cc3ccccc3)c2)cc1)S(=O)(=O)c1ccccc1. The molecular weight excluding hydrogens is 420 g/mol. The van der Waals surface area contributed by atoms with Gasteiger partial charge in [0.25, 0.3) is 10.0 Å². The van der Waals surface area contributed by atoms with Gasteiger partial charge in [-0.15, -0.1) is 0 Å². The zero-order valence-corrected chi connectivity index (χ0v) is 18.9. The second kappa shape index (κ2) is 8.65. The summed E-state index contributed by atoms with van der Waals surface area (Å²) >= 11 is 0. The minimum absolute atomic E-state index is 0.235. The topological polar surface area (TPSA) is 62.5 Å². The van der Waals surface area contributed by atoms with Crippen LogP contribution in [0.25, 0.3) is 0 Å². The fraction of sp³-hybridized carbons (Fsp3) is 0.154. The van der Waals surface area contributed by atoms with E-state index >= 15 is 0 Å². The van der Waals surface area contributed by atoms with Gasteiger partial charge in [-0.05, 0) is 48.4 Å². The molecule has 4 rings (SSSR count). The van der Waals surface area contributed by atoms with Crippen molar-refractivity contribution in [1.82, 2.24) is 4.57 Å². The van der Waals surface area contributed by atoms with E-state index in [1.807, 2.05) is 41.2 Å². The average molecular weight is 447 g/mol. The van der Waals surface area contributed by atoms with Crippen LogP contribution in [0.2, 0.25) is 0 Å². The minimum atomic E-state index is -3.65. The second-order valence-corrected chi connectivity index (χ2v) is 9.93. The van der Waals surface area contributed by atoms with Crippen molar-refractivity contribution in [3.63, 3.8) is 0 Å². The molecule has 4 aromatic rings. The van der Waals surface area contributed by atoms with E-state index in [4.69, 9.17) is 0 Å². The molecule has 164 valence electrons. The van der Waals surface area contributed by atoms with Crippen LogP contribution in [0.15, 0.2) is 108 Å². The highest BCUT2D eigenvalue weighted by molar-refractivity contribution is 7.92. The Kier molecular flexibility index (Phi) is 5.91. The number of sulfonamides is 1. The van der Waals surface area contributed by atoms with Crippen molar-refractivity contribution < 1.29 is 13.5 Å². The lowest BCUT2D eigenvalue weighted by Gasteiger charge is -2.25. The number of nitrogens with zero attached hydrogens (tertiary/aromatic N) is 2. The molecule has 0 aliphatic carbocycles. The van der Waals surface area contributed by atoms with Gasteiger partial charge in [0.15, 0.2) is 0 Å². The zero-order chi connectivity index (χ0) is 22.8. The Morgan fingerprint density at radius 1 is 0.844 bits per heavy atom. The molecular formula is C26H26N2O3S. The predicted octanol–water partition coefficient (Wildman–Crippen LogP) is 4.62. The molecule has 5 nitrogen and oxygen atoms in total. The van der Waals surface area contributed by atoms with Gasteiger partial charge in [0.05, 0.1) is 10.6 Å². The summed E-state index contributed by atoms with van der Waals surface area (Å²) in [5, 5.41) is 11.3. The Morgan fingerprint density at radius 3 is 2.06 bits per heavy atom. The molecule has 0 aliphatic heterocycles.